The molecule has 0 aliphatic heterocycles. The fraction of sp³-hybridized carbons (Fsp3) is 0.758. The molecule has 2 aromatic carbocycles. The lowest BCUT2D eigenvalue weighted by Crippen LogP contribution is -2.17. The topological polar surface area (TPSA) is 9.23 Å². The zero-order chi connectivity index (χ0) is 46.7. The Morgan fingerprint density at radius 3 is 1.01 bits per heavy atom. The lowest BCUT2D eigenvalue weighted by atomic mass is 9.75. The Labute approximate surface area is 416 Å². The lowest BCUT2D eigenvalue weighted by Gasteiger charge is -2.31. The molecule has 0 heterocycles. The summed E-state index contributed by atoms with van der Waals surface area (Å²) >= 11 is 0. The normalized spacial score (nSPS) is 26.5. The molecular formula is C66H106O. The average Bonchev–Trinajstić information content (AvgIpc) is 3.37. The van der Waals surface area contributed by atoms with Crippen molar-refractivity contribution >= 4 is 11.1 Å². The molecule has 6 rings (SSSR count). The molecule has 0 bridgehead atoms. The van der Waals surface area contributed by atoms with Crippen LogP contribution in [0, 0.1) is 47.3 Å². The van der Waals surface area contributed by atoms with Crippen molar-refractivity contribution in [2.75, 3.05) is 13.2 Å². The van der Waals surface area contributed by atoms with E-state index in [4.69, 9.17) is 4.74 Å². The lowest BCUT2D eigenvalue weighted by molar-refractivity contribution is 0.193. The summed E-state index contributed by atoms with van der Waals surface area (Å²) in [5.74, 6) is 7.07. The highest BCUT2D eigenvalue weighted by Gasteiger charge is 2.27. The molecule has 1 nitrogen and oxygen atoms in total. The number of aryl methyl sites for hydroxylation is 2. The van der Waals surface area contributed by atoms with Crippen LogP contribution in [-0.2, 0) is 17.6 Å². The van der Waals surface area contributed by atoms with Crippen molar-refractivity contribution in [3.63, 3.8) is 0 Å². The SMILES string of the molecule is CCCCCCCC1CCC(CCc2ccc(C(=CCOCC=C(c3ccc(CCC4CCC(CCCCCCC)CC4)cc3)C3CCC(CCC)CC3)C3CCC(CCC)CC3)cc2)CC1. The van der Waals surface area contributed by atoms with Gasteiger partial charge in [0.05, 0.1) is 13.2 Å². The highest BCUT2D eigenvalue weighted by Crippen LogP contribution is 2.42. The summed E-state index contributed by atoms with van der Waals surface area (Å²) < 4.78 is 6.63. The van der Waals surface area contributed by atoms with E-state index in [2.05, 4.69) is 88.4 Å². The van der Waals surface area contributed by atoms with Gasteiger partial charge in [-0.25, -0.2) is 0 Å². The van der Waals surface area contributed by atoms with Gasteiger partial charge < -0.3 is 4.74 Å². The molecule has 4 saturated carbocycles. The van der Waals surface area contributed by atoms with E-state index in [9.17, 15) is 0 Å². The van der Waals surface area contributed by atoms with Crippen LogP contribution in [-0.4, -0.2) is 13.2 Å². The van der Waals surface area contributed by atoms with Gasteiger partial charge in [-0.05, 0) is 158 Å². The predicted molar refractivity (Wildman–Crippen MR) is 295 cm³/mol. The van der Waals surface area contributed by atoms with E-state index < -0.39 is 0 Å². The maximum Gasteiger partial charge on any atom is 0.0657 e. The number of allylic oxidation sites excluding steroid dienone is 2. The molecule has 0 aromatic heterocycles. The molecule has 376 valence electrons. The second-order valence-electron chi connectivity index (χ2n) is 23.5. The monoisotopic (exact) mass is 915 g/mol. The number of hydrogen-bond donors (Lipinski definition) is 0. The molecule has 4 aliphatic carbocycles. The van der Waals surface area contributed by atoms with Crippen LogP contribution >= 0.6 is 0 Å². The molecule has 0 N–H and O–H groups in total. The maximum atomic E-state index is 6.63. The van der Waals surface area contributed by atoms with Crippen LogP contribution in [0.4, 0.5) is 0 Å². The molecule has 1 heteroatoms. The van der Waals surface area contributed by atoms with E-state index in [0.29, 0.717) is 25.0 Å². The van der Waals surface area contributed by atoms with Gasteiger partial charge >= 0.3 is 0 Å². The van der Waals surface area contributed by atoms with Gasteiger partial charge in [-0.1, -0.05) is 242 Å². The summed E-state index contributed by atoms with van der Waals surface area (Å²) in [6.07, 6.45) is 55.7. The first kappa shape index (κ1) is 54.2. The standard InChI is InChI=1S/C66H106O/c1-5-9-11-13-15-19-55-21-25-57(26-22-55)29-31-59-37-45-63(46-38-59)65(61-41-33-53(17-7-3)34-42-61)49-51-67-52-50-66(62-43-35-54(18-8-4)36-44-62)64-47-39-60(40-48-64)32-30-58-27-23-56(24-28-58)20-16-14-12-10-6-2/h37-40,45-50,53-58,61-62H,5-36,41-44,51-52H2,1-4H3. The van der Waals surface area contributed by atoms with Crippen LogP contribution in [0.15, 0.2) is 60.7 Å². The largest absolute Gasteiger partial charge is 0.373 e. The second-order valence-corrected chi connectivity index (χ2v) is 23.5. The van der Waals surface area contributed by atoms with Crippen molar-refractivity contribution in [1.29, 1.82) is 0 Å². The van der Waals surface area contributed by atoms with Crippen LogP contribution in [0.5, 0.6) is 0 Å². The van der Waals surface area contributed by atoms with Gasteiger partial charge in [0.1, 0.15) is 0 Å². The van der Waals surface area contributed by atoms with Gasteiger partial charge in [0.2, 0.25) is 0 Å². The molecule has 0 spiro atoms. The maximum absolute atomic E-state index is 6.63. The fourth-order valence-electron chi connectivity index (χ4n) is 13.9. The Kier molecular flexibility index (Phi) is 25.9. The minimum absolute atomic E-state index is 0.660. The Hall–Kier alpha value is -2.12. The van der Waals surface area contributed by atoms with Gasteiger partial charge in [0.15, 0.2) is 0 Å². The van der Waals surface area contributed by atoms with Crippen molar-refractivity contribution < 1.29 is 4.74 Å². The third-order valence-electron chi connectivity index (χ3n) is 18.4. The van der Waals surface area contributed by atoms with Crippen molar-refractivity contribution in [1.82, 2.24) is 0 Å². The highest BCUT2D eigenvalue weighted by atomic mass is 16.5. The van der Waals surface area contributed by atoms with Gasteiger partial charge in [-0.15, -0.1) is 0 Å². The zero-order valence-electron chi connectivity index (χ0n) is 44.7. The molecule has 4 aliphatic rings. The average molecular weight is 916 g/mol. The minimum Gasteiger partial charge on any atom is -0.373 e. The van der Waals surface area contributed by atoms with Gasteiger partial charge in [-0.3, -0.25) is 0 Å². The molecule has 0 unspecified atom stereocenters. The third-order valence-corrected chi connectivity index (χ3v) is 18.4. The van der Waals surface area contributed by atoms with E-state index in [1.165, 1.54) is 242 Å². The first-order chi connectivity index (χ1) is 33.0. The van der Waals surface area contributed by atoms with Crippen LogP contribution < -0.4 is 0 Å². The predicted octanol–water partition coefficient (Wildman–Crippen LogP) is 20.6. The number of unbranched alkanes of at least 4 members (excludes halogenated alkanes) is 8. The van der Waals surface area contributed by atoms with E-state index >= 15 is 0 Å². The Bertz CT molecular complexity index is 1470. The molecule has 0 saturated heterocycles. The first-order valence-corrected chi connectivity index (χ1v) is 30.2. The minimum atomic E-state index is 0.660. The number of benzene rings is 2. The zero-order valence-corrected chi connectivity index (χ0v) is 44.7. The number of rotatable bonds is 30. The Morgan fingerprint density at radius 2 is 0.672 bits per heavy atom. The summed E-state index contributed by atoms with van der Waals surface area (Å²) in [6, 6.07) is 19.8. The molecular weight excluding hydrogens is 809 g/mol. The molecule has 0 radical (unpaired) electrons. The number of ether oxygens (including phenoxy) is 1. The van der Waals surface area contributed by atoms with Gasteiger partial charge in [0, 0.05) is 0 Å². The molecule has 0 atom stereocenters. The Balaban J connectivity index is 1.02. The summed E-state index contributed by atoms with van der Waals surface area (Å²) in [7, 11) is 0. The summed E-state index contributed by atoms with van der Waals surface area (Å²) in [6.45, 7) is 10.8. The van der Waals surface area contributed by atoms with Crippen molar-refractivity contribution in [3.8, 4) is 0 Å². The van der Waals surface area contributed by atoms with Crippen molar-refractivity contribution in [3.05, 3.63) is 82.9 Å². The van der Waals surface area contributed by atoms with Crippen LogP contribution in [0.25, 0.3) is 11.1 Å². The van der Waals surface area contributed by atoms with Gasteiger partial charge in [-0.2, -0.15) is 0 Å². The van der Waals surface area contributed by atoms with Crippen LogP contribution in [0.3, 0.4) is 0 Å². The fourth-order valence-corrected chi connectivity index (χ4v) is 13.9. The van der Waals surface area contributed by atoms with Crippen LogP contribution in [0.2, 0.25) is 0 Å². The quantitative estimate of drug-likeness (QED) is 0.0710. The van der Waals surface area contributed by atoms with Crippen molar-refractivity contribution in [2.24, 2.45) is 47.3 Å². The molecule has 2 aromatic rings. The highest BCUT2D eigenvalue weighted by molar-refractivity contribution is 5.69. The molecule has 0 amide bonds. The van der Waals surface area contributed by atoms with Gasteiger partial charge in [0.25, 0.3) is 0 Å². The summed E-state index contributed by atoms with van der Waals surface area (Å²) in [4.78, 5) is 0. The smallest absolute Gasteiger partial charge is 0.0657 e. The summed E-state index contributed by atoms with van der Waals surface area (Å²) in [5.41, 5.74) is 9.11. The second kappa shape index (κ2) is 32.0. The van der Waals surface area contributed by atoms with E-state index in [1.54, 1.807) is 22.3 Å². The summed E-state index contributed by atoms with van der Waals surface area (Å²) in [5, 5.41) is 0. The molecule has 67 heavy (non-hydrogen) atoms. The Morgan fingerprint density at radius 1 is 0.358 bits per heavy atom. The van der Waals surface area contributed by atoms with E-state index in [0.717, 1.165) is 35.5 Å². The molecule has 4 fully saturated rings. The van der Waals surface area contributed by atoms with Crippen LogP contribution in [0.1, 0.15) is 268 Å². The first-order valence-electron chi connectivity index (χ1n) is 30.2. The van der Waals surface area contributed by atoms with E-state index in [1.807, 2.05) is 0 Å². The van der Waals surface area contributed by atoms with E-state index in [-0.39, 0.29) is 0 Å². The van der Waals surface area contributed by atoms with Crippen molar-refractivity contribution in [2.45, 2.75) is 259 Å². The third kappa shape index (κ3) is 19.5. The number of hydrogen-bond acceptors (Lipinski definition) is 1.